The first-order chi connectivity index (χ1) is 11.0. The molecule has 2 aliphatic heterocycles. The molecular formula is C16H26N4O3. The lowest BCUT2D eigenvalue weighted by Crippen LogP contribution is -2.51. The summed E-state index contributed by atoms with van der Waals surface area (Å²) in [5.74, 6) is 1.17. The zero-order chi connectivity index (χ0) is 16.4. The van der Waals surface area contributed by atoms with Crippen LogP contribution in [-0.2, 0) is 4.74 Å². The molecule has 7 heteroatoms. The molecule has 2 fully saturated rings. The standard InChI is InChI=1S/C16H26N4O3/c1-11-7-15(18-23-11)17-16(21)20-6-4-5-14(20)10-19-8-12(2)22-13(3)9-19/h7,12-14H,4-6,8-10H2,1-3H3,(H,17,18,21)/t12-,13-,14+/m0/s1. The number of morpholine rings is 1. The molecule has 1 N–H and O–H groups in total. The van der Waals surface area contributed by atoms with E-state index in [4.69, 9.17) is 9.26 Å². The maximum absolute atomic E-state index is 12.5. The zero-order valence-electron chi connectivity index (χ0n) is 14.1. The van der Waals surface area contributed by atoms with E-state index < -0.39 is 0 Å². The third-order valence-corrected chi connectivity index (χ3v) is 4.47. The van der Waals surface area contributed by atoms with Gasteiger partial charge in [-0.15, -0.1) is 0 Å². The number of nitrogens with one attached hydrogen (secondary N) is 1. The molecule has 3 rings (SSSR count). The second-order valence-electron chi connectivity index (χ2n) is 6.72. The first-order valence-electron chi connectivity index (χ1n) is 8.40. The highest BCUT2D eigenvalue weighted by molar-refractivity contribution is 5.88. The van der Waals surface area contributed by atoms with Gasteiger partial charge in [-0.25, -0.2) is 4.79 Å². The quantitative estimate of drug-likeness (QED) is 0.922. The van der Waals surface area contributed by atoms with Crippen LogP contribution in [0.2, 0.25) is 0 Å². The minimum atomic E-state index is -0.0878. The molecule has 0 aromatic carbocycles. The molecule has 3 atom stereocenters. The molecule has 2 saturated heterocycles. The molecule has 0 radical (unpaired) electrons. The van der Waals surface area contributed by atoms with E-state index in [0.717, 1.165) is 39.0 Å². The molecule has 2 aliphatic rings. The van der Waals surface area contributed by atoms with Crippen molar-refractivity contribution in [2.24, 2.45) is 0 Å². The molecule has 0 unspecified atom stereocenters. The van der Waals surface area contributed by atoms with Crippen LogP contribution < -0.4 is 5.32 Å². The van der Waals surface area contributed by atoms with Gasteiger partial charge in [0.25, 0.3) is 0 Å². The van der Waals surface area contributed by atoms with Crippen molar-refractivity contribution in [1.82, 2.24) is 15.0 Å². The van der Waals surface area contributed by atoms with Crippen molar-refractivity contribution in [2.45, 2.75) is 51.9 Å². The maximum atomic E-state index is 12.5. The van der Waals surface area contributed by atoms with Crippen LogP contribution in [-0.4, -0.2) is 65.4 Å². The Morgan fingerprint density at radius 2 is 2.13 bits per heavy atom. The lowest BCUT2D eigenvalue weighted by Gasteiger charge is -2.38. The number of carbonyl (C=O) groups excluding carboxylic acids is 1. The number of nitrogens with zero attached hydrogens (tertiary/aromatic N) is 3. The van der Waals surface area contributed by atoms with Gasteiger partial charge in [0.2, 0.25) is 0 Å². The summed E-state index contributed by atoms with van der Waals surface area (Å²) in [6.45, 7) is 9.58. The Labute approximate surface area is 136 Å². The summed E-state index contributed by atoms with van der Waals surface area (Å²) in [6, 6.07) is 1.89. The average Bonchev–Trinajstić information content (AvgIpc) is 3.07. The molecule has 128 valence electrons. The Hall–Kier alpha value is -1.60. The smallest absolute Gasteiger partial charge is 0.323 e. The van der Waals surface area contributed by atoms with Gasteiger partial charge in [-0.05, 0) is 33.6 Å². The molecule has 1 aromatic heterocycles. The number of hydrogen-bond acceptors (Lipinski definition) is 5. The topological polar surface area (TPSA) is 70.8 Å². The minimum Gasteiger partial charge on any atom is -0.373 e. The van der Waals surface area contributed by atoms with Gasteiger partial charge in [0.15, 0.2) is 5.82 Å². The molecule has 7 nitrogen and oxygen atoms in total. The summed E-state index contributed by atoms with van der Waals surface area (Å²) < 4.78 is 10.8. The number of carbonyl (C=O) groups is 1. The van der Waals surface area contributed by atoms with Gasteiger partial charge < -0.3 is 14.2 Å². The highest BCUT2D eigenvalue weighted by Gasteiger charge is 2.32. The van der Waals surface area contributed by atoms with Crippen LogP contribution in [0.5, 0.6) is 0 Å². The van der Waals surface area contributed by atoms with Crippen LogP contribution in [0, 0.1) is 6.92 Å². The molecule has 0 aliphatic carbocycles. The summed E-state index contributed by atoms with van der Waals surface area (Å²) in [5, 5.41) is 6.66. The number of aromatic nitrogens is 1. The predicted octanol–water partition coefficient (Wildman–Crippen LogP) is 2.09. The Bertz CT molecular complexity index is 537. The van der Waals surface area contributed by atoms with E-state index in [0.29, 0.717) is 11.6 Å². The molecule has 0 bridgehead atoms. The van der Waals surface area contributed by atoms with Crippen molar-refractivity contribution in [2.75, 3.05) is 31.5 Å². The van der Waals surface area contributed by atoms with Gasteiger partial charge in [-0.1, -0.05) is 5.16 Å². The third-order valence-electron chi connectivity index (χ3n) is 4.47. The van der Waals surface area contributed by atoms with E-state index in [1.165, 1.54) is 0 Å². The highest BCUT2D eigenvalue weighted by Crippen LogP contribution is 2.21. The Morgan fingerprint density at radius 1 is 1.39 bits per heavy atom. The first kappa shape index (κ1) is 16.3. The van der Waals surface area contributed by atoms with Crippen molar-refractivity contribution in [3.05, 3.63) is 11.8 Å². The Morgan fingerprint density at radius 3 is 2.78 bits per heavy atom. The van der Waals surface area contributed by atoms with E-state index in [-0.39, 0.29) is 24.3 Å². The number of amides is 2. The summed E-state index contributed by atoms with van der Waals surface area (Å²) in [5.41, 5.74) is 0. The first-order valence-corrected chi connectivity index (χ1v) is 8.40. The van der Waals surface area contributed by atoms with Gasteiger partial charge in [-0.2, -0.15) is 0 Å². The maximum Gasteiger partial charge on any atom is 0.323 e. The summed E-state index contributed by atoms with van der Waals surface area (Å²) in [7, 11) is 0. The summed E-state index contributed by atoms with van der Waals surface area (Å²) in [6.07, 6.45) is 2.59. The van der Waals surface area contributed by atoms with Crippen molar-refractivity contribution in [3.8, 4) is 0 Å². The molecule has 1 aromatic rings. The van der Waals surface area contributed by atoms with Crippen LogP contribution in [0.25, 0.3) is 0 Å². The molecule has 23 heavy (non-hydrogen) atoms. The zero-order valence-corrected chi connectivity index (χ0v) is 14.1. The minimum absolute atomic E-state index is 0.0878. The number of urea groups is 1. The molecular weight excluding hydrogens is 296 g/mol. The van der Waals surface area contributed by atoms with E-state index >= 15 is 0 Å². The molecule has 3 heterocycles. The fourth-order valence-electron chi connectivity index (χ4n) is 3.63. The van der Waals surface area contributed by atoms with Gasteiger partial charge in [0, 0.05) is 38.3 Å². The molecule has 2 amide bonds. The summed E-state index contributed by atoms with van der Waals surface area (Å²) >= 11 is 0. The number of hydrogen-bond donors (Lipinski definition) is 1. The fourth-order valence-corrected chi connectivity index (χ4v) is 3.63. The lowest BCUT2D eigenvalue weighted by molar-refractivity contribution is -0.0712. The lowest BCUT2D eigenvalue weighted by atomic mass is 10.1. The second kappa shape index (κ2) is 6.88. The van der Waals surface area contributed by atoms with Crippen LogP contribution in [0.3, 0.4) is 0 Å². The van der Waals surface area contributed by atoms with Gasteiger partial charge in [-0.3, -0.25) is 10.2 Å². The van der Waals surface area contributed by atoms with Gasteiger partial charge in [0.05, 0.1) is 12.2 Å². The fraction of sp³-hybridized carbons (Fsp3) is 0.750. The third kappa shape index (κ3) is 4.03. The van der Waals surface area contributed by atoms with Crippen molar-refractivity contribution in [1.29, 1.82) is 0 Å². The Balaban J connectivity index is 1.57. The number of aryl methyl sites for hydroxylation is 1. The molecule has 0 spiro atoms. The number of rotatable bonds is 3. The van der Waals surface area contributed by atoms with Crippen molar-refractivity contribution in [3.63, 3.8) is 0 Å². The largest absolute Gasteiger partial charge is 0.373 e. The predicted molar refractivity (Wildman–Crippen MR) is 86.4 cm³/mol. The number of likely N-dealkylation sites (tertiary alicyclic amines) is 1. The van der Waals surface area contributed by atoms with Gasteiger partial charge >= 0.3 is 6.03 Å². The monoisotopic (exact) mass is 322 g/mol. The van der Waals surface area contributed by atoms with E-state index in [1.807, 2.05) is 11.8 Å². The Kier molecular flexibility index (Phi) is 4.87. The van der Waals surface area contributed by atoms with Crippen LogP contribution in [0.1, 0.15) is 32.4 Å². The number of ether oxygens (including phenoxy) is 1. The van der Waals surface area contributed by atoms with Crippen molar-refractivity contribution < 1.29 is 14.1 Å². The van der Waals surface area contributed by atoms with Gasteiger partial charge in [0.1, 0.15) is 5.76 Å². The van der Waals surface area contributed by atoms with Crippen molar-refractivity contribution >= 4 is 11.8 Å². The van der Waals surface area contributed by atoms with Crippen LogP contribution in [0.4, 0.5) is 10.6 Å². The normalized spacial score (nSPS) is 29.0. The van der Waals surface area contributed by atoms with Crippen LogP contribution in [0.15, 0.2) is 10.6 Å². The SMILES string of the molecule is Cc1cc(NC(=O)N2CCC[C@@H]2CN2C[C@H](C)O[C@@H](C)C2)no1. The number of anilines is 1. The van der Waals surface area contributed by atoms with E-state index in [9.17, 15) is 4.79 Å². The summed E-state index contributed by atoms with van der Waals surface area (Å²) in [4.78, 5) is 16.8. The second-order valence-corrected chi connectivity index (χ2v) is 6.72. The van der Waals surface area contributed by atoms with E-state index in [2.05, 4.69) is 29.2 Å². The van der Waals surface area contributed by atoms with E-state index in [1.54, 1.807) is 6.07 Å². The van der Waals surface area contributed by atoms with Crippen LogP contribution >= 0.6 is 0 Å². The average molecular weight is 322 g/mol. The molecule has 0 saturated carbocycles. The highest BCUT2D eigenvalue weighted by atomic mass is 16.5.